The lowest BCUT2D eigenvalue weighted by molar-refractivity contribution is -0.384. The zero-order valence-corrected chi connectivity index (χ0v) is 22.4. The van der Waals surface area contributed by atoms with Crippen molar-refractivity contribution in [3.8, 4) is 5.75 Å². The van der Waals surface area contributed by atoms with E-state index in [9.17, 15) is 14.9 Å². The number of nitro benzene ring substituents is 1. The number of hydrogen-bond acceptors (Lipinski definition) is 8. The number of morpholine rings is 1. The van der Waals surface area contributed by atoms with E-state index in [2.05, 4.69) is 20.0 Å². The molecule has 0 unspecified atom stereocenters. The van der Waals surface area contributed by atoms with Gasteiger partial charge in [-0.25, -0.2) is 0 Å². The maximum absolute atomic E-state index is 13.6. The zero-order chi connectivity index (χ0) is 26.6. The number of methoxy groups -OCH3 is 1. The summed E-state index contributed by atoms with van der Waals surface area (Å²) in [5.74, 6) is 0.374. The molecule has 38 heavy (non-hydrogen) atoms. The maximum Gasteiger partial charge on any atom is 0.269 e. The summed E-state index contributed by atoms with van der Waals surface area (Å²) < 4.78 is 11.0. The second-order valence-electron chi connectivity index (χ2n) is 10.0. The zero-order valence-electron chi connectivity index (χ0n) is 21.6. The van der Waals surface area contributed by atoms with Gasteiger partial charge in [-0.15, -0.1) is 0 Å². The van der Waals surface area contributed by atoms with Crippen LogP contribution in [0.15, 0.2) is 36.4 Å². The summed E-state index contributed by atoms with van der Waals surface area (Å²) in [6, 6.07) is 10.5. The van der Waals surface area contributed by atoms with E-state index in [0.717, 1.165) is 62.0 Å². The molecule has 0 saturated carbocycles. The van der Waals surface area contributed by atoms with Crippen molar-refractivity contribution in [1.82, 2.24) is 10.2 Å². The maximum atomic E-state index is 13.6. The number of ether oxygens (including phenoxy) is 2. The second kappa shape index (κ2) is 11.8. The molecule has 1 amide bonds. The third-order valence-corrected chi connectivity index (χ3v) is 8.01. The minimum atomic E-state index is -0.379. The van der Waals surface area contributed by atoms with Crippen LogP contribution in [0, 0.1) is 16.0 Å². The van der Waals surface area contributed by atoms with Crippen LogP contribution < -0.4 is 19.9 Å². The lowest BCUT2D eigenvalue weighted by atomic mass is 9.83. The highest BCUT2D eigenvalue weighted by molar-refractivity contribution is 6.31. The lowest BCUT2D eigenvalue weighted by Crippen LogP contribution is -2.61. The summed E-state index contributed by atoms with van der Waals surface area (Å²) in [7, 11) is 1.64. The Morgan fingerprint density at radius 2 is 1.97 bits per heavy atom. The molecule has 2 aromatic carbocycles. The Labute approximate surface area is 227 Å². The molecule has 3 heterocycles. The smallest absolute Gasteiger partial charge is 0.269 e. The Kier molecular flexibility index (Phi) is 8.21. The summed E-state index contributed by atoms with van der Waals surface area (Å²) in [6.45, 7) is 6.85. The largest absolute Gasteiger partial charge is 0.495 e. The normalized spacial score (nSPS) is 21.4. The fourth-order valence-electron chi connectivity index (χ4n) is 5.82. The topological polar surface area (TPSA) is 100 Å². The molecule has 10 nitrogen and oxygen atoms in total. The lowest BCUT2D eigenvalue weighted by Gasteiger charge is -2.49. The number of rotatable bonds is 8. The molecule has 3 aliphatic rings. The average molecular weight is 544 g/mol. The third kappa shape index (κ3) is 5.67. The Morgan fingerprint density at radius 3 is 2.74 bits per heavy atom. The number of nitrogens with one attached hydrogen (secondary N) is 1. The first-order chi connectivity index (χ1) is 18.4. The molecule has 0 bridgehead atoms. The Bertz CT molecular complexity index is 1170. The van der Waals surface area contributed by atoms with Crippen LogP contribution in [-0.4, -0.2) is 87.9 Å². The first-order valence-electron chi connectivity index (χ1n) is 13.1. The molecule has 0 radical (unpaired) electrons. The Morgan fingerprint density at radius 1 is 1.16 bits per heavy atom. The number of piperazine rings is 1. The molecule has 2 fully saturated rings. The highest BCUT2D eigenvalue weighted by atomic mass is 35.5. The number of anilines is 2. The Balaban J connectivity index is 1.35. The highest BCUT2D eigenvalue weighted by Gasteiger charge is 2.42. The van der Waals surface area contributed by atoms with E-state index < -0.39 is 0 Å². The van der Waals surface area contributed by atoms with Gasteiger partial charge in [0.2, 0.25) is 5.91 Å². The predicted molar refractivity (Wildman–Crippen MR) is 147 cm³/mol. The van der Waals surface area contributed by atoms with Gasteiger partial charge in [0.05, 0.1) is 42.9 Å². The van der Waals surface area contributed by atoms with E-state index >= 15 is 0 Å². The minimum absolute atomic E-state index is 0.0148. The molecule has 2 aromatic rings. The molecule has 204 valence electrons. The molecule has 0 spiro atoms. The number of amides is 1. The minimum Gasteiger partial charge on any atom is -0.495 e. The number of non-ortho nitro benzene ring substituents is 1. The van der Waals surface area contributed by atoms with Crippen molar-refractivity contribution in [2.24, 2.45) is 5.92 Å². The van der Waals surface area contributed by atoms with E-state index in [-0.39, 0.29) is 28.5 Å². The van der Waals surface area contributed by atoms with Crippen molar-refractivity contribution < 1.29 is 19.2 Å². The van der Waals surface area contributed by atoms with Gasteiger partial charge in [-0.1, -0.05) is 11.6 Å². The number of carbonyl (C=O) groups is 1. The van der Waals surface area contributed by atoms with Crippen molar-refractivity contribution >= 4 is 34.6 Å². The van der Waals surface area contributed by atoms with Gasteiger partial charge in [-0.3, -0.25) is 19.8 Å². The van der Waals surface area contributed by atoms with E-state index in [1.165, 1.54) is 0 Å². The first-order valence-corrected chi connectivity index (χ1v) is 13.5. The summed E-state index contributed by atoms with van der Waals surface area (Å²) in [6.07, 6.45) is 1.31. The number of nitro groups is 1. The Hall–Kier alpha value is -3.08. The van der Waals surface area contributed by atoms with Crippen LogP contribution in [0.1, 0.15) is 12.0 Å². The number of carbonyl (C=O) groups excluding carboxylic acids is 1. The molecule has 5 rings (SSSR count). The second-order valence-corrected chi connectivity index (χ2v) is 10.4. The molecule has 2 saturated heterocycles. The molecule has 3 aliphatic heterocycles. The van der Waals surface area contributed by atoms with Crippen molar-refractivity contribution in [1.29, 1.82) is 0 Å². The summed E-state index contributed by atoms with van der Waals surface area (Å²) >= 11 is 6.32. The predicted octanol–water partition coefficient (Wildman–Crippen LogP) is 2.96. The number of fused-ring (bicyclic) bond motifs is 3. The van der Waals surface area contributed by atoms with Crippen molar-refractivity contribution in [2.75, 3.05) is 75.9 Å². The SMILES string of the molecule is COc1ccc(Cl)cc1N1CCN2c3ccc([N+](=O)[O-])cc3C[C@H](C(=O)NCCCN3CCOCC3)[C@@H]2C1. The summed E-state index contributed by atoms with van der Waals surface area (Å²) in [5.41, 5.74) is 2.76. The van der Waals surface area contributed by atoms with Gasteiger partial charge in [0, 0.05) is 62.1 Å². The summed E-state index contributed by atoms with van der Waals surface area (Å²) in [5, 5.41) is 15.2. The van der Waals surface area contributed by atoms with E-state index in [4.69, 9.17) is 21.1 Å². The standard InChI is InChI=1S/C27H34ClN5O5/c1-37-26-6-3-20(28)17-24(26)31-9-10-32-23-5-4-21(33(35)36)15-19(23)16-22(25(32)18-31)27(34)29-7-2-8-30-11-13-38-14-12-30/h3-6,15,17,22,25H,2,7-14,16,18H2,1H3,(H,29,34)/t22-,25-/m0/s1. The summed E-state index contributed by atoms with van der Waals surface area (Å²) in [4.78, 5) is 31.5. The fourth-order valence-corrected chi connectivity index (χ4v) is 5.99. The molecule has 1 N–H and O–H groups in total. The van der Waals surface area contributed by atoms with Gasteiger partial charge in [-0.2, -0.15) is 0 Å². The first kappa shape index (κ1) is 26.5. The number of halogens is 1. The van der Waals surface area contributed by atoms with E-state index in [1.54, 1.807) is 25.3 Å². The third-order valence-electron chi connectivity index (χ3n) is 7.78. The molecule has 11 heteroatoms. The van der Waals surface area contributed by atoms with E-state index in [0.29, 0.717) is 37.6 Å². The van der Waals surface area contributed by atoms with Gasteiger partial charge in [0.15, 0.2) is 0 Å². The number of nitrogens with zero attached hydrogens (tertiary/aromatic N) is 4. The quantitative estimate of drug-likeness (QED) is 0.308. The number of benzene rings is 2. The monoisotopic (exact) mass is 543 g/mol. The van der Waals surface area contributed by atoms with Gasteiger partial charge >= 0.3 is 0 Å². The van der Waals surface area contributed by atoms with Gasteiger partial charge in [0.25, 0.3) is 5.69 Å². The molecule has 2 atom stereocenters. The molecular weight excluding hydrogens is 510 g/mol. The van der Waals surface area contributed by atoms with Crippen LogP contribution >= 0.6 is 11.6 Å². The van der Waals surface area contributed by atoms with Gasteiger partial charge < -0.3 is 24.6 Å². The van der Waals surface area contributed by atoms with E-state index in [1.807, 2.05) is 18.2 Å². The fraction of sp³-hybridized carbons (Fsp3) is 0.519. The van der Waals surface area contributed by atoms with Crippen LogP contribution in [0.4, 0.5) is 17.1 Å². The molecule has 0 aliphatic carbocycles. The van der Waals surface area contributed by atoms with Crippen LogP contribution in [0.5, 0.6) is 5.75 Å². The van der Waals surface area contributed by atoms with Crippen LogP contribution in [0.2, 0.25) is 5.02 Å². The van der Waals surface area contributed by atoms with Crippen molar-refractivity contribution in [3.05, 3.63) is 57.1 Å². The van der Waals surface area contributed by atoms with Crippen LogP contribution in [0.3, 0.4) is 0 Å². The molecule has 0 aromatic heterocycles. The van der Waals surface area contributed by atoms with Crippen LogP contribution in [0.25, 0.3) is 0 Å². The van der Waals surface area contributed by atoms with Crippen molar-refractivity contribution in [3.63, 3.8) is 0 Å². The average Bonchev–Trinajstić information content (AvgIpc) is 2.94. The van der Waals surface area contributed by atoms with Gasteiger partial charge in [0.1, 0.15) is 5.75 Å². The highest BCUT2D eigenvalue weighted by Crippen LogP contribution is 2.40. The van der Waals surface area contributed by atoms with Gasteiger partial charge in [-0.05, 0) is 49.2 Å². The number of hydrogen-bond donors (Lipinski definition) is 1. The van der Waals surface area contributed by atoms with Crippen LogP contribution in [-0.2, 0) is 16.0 Å². The van der Waals surface area contributed by atoms with Crippen molar-refractivity contribution in [2.45, 2.75) is 18.9 Å². The molecular formula is C27H34ClN5O5.